The lowest BCUT2D eigenvalue weighted by molar-refractivity contribution is -0.141. The van der Waals surface area contributed by atoms with Crippen LogP contribution < -0.4 is 10.2 Å². The number of hydrogen-bond donors (Lipinski definition) is 2. The first kappa shape index (κ1) is 17.5. The number of nitrogens with one attached hydrogen (secondary N) is 1. The highest BCUT2D eigenvalue weighted by Crippen LogP contribution is 2.31. The van der Waals surface area contributed by atoms with Crippen molar-refractivity contribution in [2.24, 2.45) is 11.8 Å². The summed E-state index contributed by atoms with van der Waals surface area (Å²) in [4.78, 5) is 38.0. The molecule has 1 saturated carbocycles. The smallest absolute Gasteiger partial charge is 0.306 e. The fourth-order valence-electron chi connectivity index (χ4n) is 3.72. The molecule has 1 aromatic carbocycles. The molecule has 1 heterocycles. The van der Waals surface area contributed by atoms with Crippen molar-refractivity contribution in [1.29, 1.82) is 0 Å². The number of anilines is 1. The van der Waals surface area contributed by atoms with Crippen LogP contribution in [0.25, 0.3) is 0 Å². The summed E-state index contributed by atoms with van der Waals surface area (Å²) in [5.41, 5.74) is 1.98. The predicted octanol–water partition coefficient (Wildman–Crippen LogP) is 2.11. The molecule has 1 saturated heterocycles. The fraction of sp³-hybridized carbons (Fsp3) is 0.526. The van der Waals surface area contributed by atoms with E-state index in [0.29, 0.717) is 32.2 Å². The Labute approximate surface area is 147 Å². The fourth-order valence-corrected chi connectivity index (χ4v) is 3.72. The maximum absolute atomic E-state index is 12.8. The molecule has 0 aromatic heterocycles. The van der Waals surface area contributed by atoms with Crippen LogP contribution in [0.15, 0.2) is 24.3 Å². The highest BCUT2D eigenvalue weighted by molar-refractivity contribution is 6.00. The largest absolute Gasteiger partial charge is 0.481 e. The summed E-state index contributed by atoms with van der Waals surface area (Å²) in [7, 11) is 0. The minimum atomic E-state index is -0.838. The number of piperidine rings is 1. The van der Waals surface area contributed by atoms with Crippen molar-refractivity contribution in [2.75, 3.05) is 11.4 Å². The number of nitrogens with zero attached hydrogens (tertiary/aromatic N) is 1. The Hall–Kier alpha value is -2.37. The first-order valence-corrected chi connectivity index (χ1v) is 8.87. The third kappa shape index (κ3) is 3.83. The van der Waals surface area contributed by atoms with Crippen molar-refractivity contribution in [1.82, 2.24) is 5.32 Å². The van der Waals surface area contributed by atoms with Crippen molar-refractivity contribution in [2.45, 2.75) is 45.1 Å². The number of aryl methyl sites for hydroxylation is 1. The molecule has 0 bridgehead atoms. The monoisotopic (exact) mass is 344 g/mol. The van der Waals surface area contributed by atoms with Gasteiger partial charge >= 0.3 is 5.97 Å². The number of benzene rings is 1. The number of carboxylic acid groups (broad SMARTS) is 1. The predicted molar refractivity (Wildman–Crippen MR) is 93.2 cm³/mol. The molecular weight excluding hydrogens is 320 g/mol. The van der Waals surface area contributed by atoms with Crippen LogP contribution in [0.5, 0.6) is 0 Å². The number of amides is 2. The molecule has 1 aromatic rings. The second-order valence-electron chi connectivity index (χ2n) is 7.07. The van der Waals surface area contributed by atoms with Gasteiger partial charge in [-0.3, -0.25) is 14.4 Å². The van der Waals surface area contributed by atoms with E-state index in [2.05, 4.69) is 5.32 Å². The lowest BCUT2D eigenvalue weighted by Crippen LogP contribution is -2.53. The van der Waals surface area contributed by atoms with E-state index in [0.717, 1.165) is 17.7 Å². The van der Waals surface area contributed by atoms with Gasteiger partial charge in [0, 0.05) is 18.2 Å². The van der Waals surface area contributed by atoms with E-state index in [1.807, 2.05) is 31.2 Å². The van der Waals surface area contributed by atoms with Gasteiger partial charge in [-0.1, -0.05) is 17.7 Å². The molecular formula is C19H24N2O4. The van der Waals surface area contributed by atoms with Gasteiger partial charge in [0.2, 0.25) is 11.8 Å². The minimum absolute atomic E-state index is 0.0868. The Morgan fingerprint density at radius 2 is 1.80 bits per heavy atom. The van der Waals surface area contributed by atoms with Crippen molar-refractivity contribution in [3.05, 3.63) is 29.8 Å². The second-order valence-corrected chi connectivity index (χ2v) is 7.07. The van der Waals surface area contributed by atoms with Gasteiger partial charge in [-0.2, -0.15) is 0 Å². The Balaban J connectivity index is 1.62. The van der Waals surface area contributed by atoms with Crippen LogP contribution in [-0.2, 0) is 14.4 Å². The number of aliphatic carboxylic acids is 1. The van der Waals surface area contributed by atoms with Gasteiger partial charge < -0.3 is 15.3 Å². The maximum Gasteiger partial charge on any atom is 0.306 e. The molecule has 3 atom stereocenters. The molecule has 25 heavy (non-hydrogen) atoms. The minimum Gasteiger partial charge on any atom is -0.481 e. The molecule has 1 aliphatic carbocycles. The van der Waals surface area contributed by atoms with Crippen LogP contribution in [0.2, 0.25) is 0 Å². The molecule has 2 fully saturated rings. The van der Waals surface area contributed by atoms with Crippen LogP contribution in [0, 0.1) is 18.8 Å². The highest BCUT2D eigenvalue weighted by Gasteiger charge is 2.37. The average Bonchev–Trinajstić information content (AvgIpc) is 3.08. The third-order valence-corrected chi connectivity index (χ3v) is 5.25. The molecule has 2 amide bonds. The molecule has 2 aliphatic rings. The van der Waals surface area contributed by atoms with Crippen LogP contribution in [0.4, 0.5) is 5.69 Å². The summed E-state index contributed by atoms with van der Waals surface area (Å²) in [6.45, 7) is 2.65. The topological polar surface area (TPSA) is 86.7 Å². The second kappa shape index (κ2) is 7.25. The van der Waals surface area contributed by atoms with Crippen LogP contribution in [-0.4, -0.2) is 35.5 Å². The van der Waals surface area contributed by atoms with Crippen LogP contribution in [0.1, 0.15) is 37.7 Å². The standard InChI is InChI=1S/C19H24N2O4/c1-12-4-8-15(9-5-12)21-10-2-3-16(18(21)23)20-17(22)13-6-7-14(11-13)19(24)25/h4-5,8-9,13-14,16H,2-3,6-7,10-11H2,1H3,(H,20,22)(H,24,25)/t13-,14+,16?/m1/s1. The van der Waals surface area contributed by atoms with Gasteiger partial charge in [-0.15, -0.1) is 0 Å². The van der Waals surface area contributed by atoms with E-state index in [4.69, 9.17) is 5.11 Å². The number of carbonyl (C=O) groups is 3. The van der Waals surface area contributed by atoms with Gasteiger partial charge in [0.1, 0.15) is 6.04 Å². The number of carbonyl (C=O) groups excluding carboxylic acids is 2. The maximum atomic E-state index is 12.8. The van der Waals surface area contributed by atoms with Crippen LogP contribution in [0.3, 0.4) is 0 Å². The Morgan fingerprint density at radius 1 is 1.12 bits per heavy atom. The number of carboxylic acids is 1. The molecule has 6 nitrogen and oxygen atoms in total. The molecule has 0 spiro atoms. The van der Waals surface area contributed by atoms with E-state index >= 15 is 0 Å². The Bertz CT molecular complexity index is 671. The van der Waals surface area contributed by atoms with Crippen molar-refractivity contribution >= 4 is 23.5 Å². The zero-order chi connectivity index (χ0) is 18.0. The molecule has 6 heteroatoms. The van der Waals surface area contributed by atoms with Crippen molar-refractivity contribution in [3.8, 4) is 0 Å². The zero-order valence-electron chi connectivity index (χ0n) is 14.4. The summed E-state index contributed by atoms with van der Waals surface area (Å²) in [6.07, 6.45) is 2.92. The van der Waals surface area contributed by atoms with Crippen molar-refractivity contribution in [3.63, 3.8) is 0 Å². The number of rotatable bonds is 4. The third-order valence-electron chi connectivity index (χ3n) is 5.25. The molecule has 3 rings (SSSR count). The van der Waals surface area contributed by atoms with E-state index in [1.165, 1.54) is 0 Å². The molecule has 1 unspecified atom stereocenters. The van der Waals surface area contributed by atoms with Crippen LogP contribution >= 0.6 is 0 Å². The average molecular weight is 344 g/mol. The van der Waals surface area contributed by atoms with Gasteiger partial charge in [0.25, 0.3) is 0 Å². The van der Waals surface area contributed by atoms with E-state index in [-0.39, 0.29) is 17.7 Å². The summed E-state index contributed by atoms with van der Waals surface area (Å²) in [5, 5.41) is 11.9. The summed E-state index contributed by atoms with van der Waals surface area (Å²) < 4.78 is 0. The first-order valence-electron chi connectivity index (χ1n) is 8.87. The van der Waals surface area contributed by atoms with E-state index in [1.54, 1.807) is 4.90 Å². The lowest BCUT2D eigenvalue weighted by atomic mass is 10.0. The molecule has 0 radical (unpaired) electrons. The highest BCUT2D eigenvalue weighted by atomic mass is 16.4. The quantitative estimate of drug-likeness (QED) is 0.876. The zero-order valence-corrected chi connectivity index (χ0v) is 14.4. The molecule has 134 valence electrons. The summed E-state index contributed by atoms with van der Waals surface area (Å²) >= 11 is 0. The van der Waals surface area contributed by atoms with Gasteiger partial charge in [0.05, 0.1) is 5.92 Å². The summed E-state index contributed by atoms with van der Waals surface area (Å²) in [5.74, 6) is -1.86. The van der Waals surface area contributed by atoms with E-state index in [9.17, 15) is 14.4 Å². The first-order chi connectivity index (χ1) is 12.0. The Morgan fingerprint density at radius 3 is 2.44 bits per heavy atom. The number of hydrogen-bond acceptors (Lipinski definition) is 3. The Kier molecular flexibility index (Phi) is 5.06. The lowest BCUT2D eigenvalue weighted by Gasteiger charge is -2.33. The summed E-state index contributed by atoms with van der Waals surface area (Å²) in [6, 6.07) is 7.26. The molecule has 2 N–H and O–H groups in total. The van der Waals surface area contributed by atoms with E-state index < -0.39 is 17.9 Å². The van der Waals surface area contributed by atoms with Gasteiger partial charge in [-0.05, 0) is 51.2 Å². The molecule has 1 aliphatic heterocycles. The normalized spacial score (nSPS) is 26.5. The van der Waals surface area contributed by atoms with Gasteiger partial charge in [0.15, 0.2) is 0 Å². The van der Waals surface area contributed by atoms with Crippen molar-refractivity contribution < 1.29 is 19.5 Å². The SMILES string of the molecule is Cc1ccc(N2CCCC(NC(=O)[C@@H]3CC[C@H](C(=O)O)C3)C2=O)cc1. The van der Waals surface area contributed by atoms with Gasteiger partial charge in [-0.25, -0.2) is 0 Å².